The van der Waals surface area contributed by atoms with Gasteiger partial charge in [-0.2, -0.15) is 0 Å². The maximum atomic E-state index is 6.18. The standard InChI is InChI=1S/C17H23ClN2O/c1-3-20(4-2)12-11-19-13-14-9-10-17(21-14)15-7-5-6-8-16(15)18/h5-10,19H,3-4,11-13H2,1-2H3. The minimum atomic E-state index is 0.716. The van der Waals surface area contributed by atoms with E-state index in [0.29, 0.717) is 5.02 Å². The number of halogens is 1. The van der Waals surface area contributed by atoms with Crippen molar-refractivity contribution in [3.8, 4) is 11.3 Å². The first-order chi connectivity index (χ1) is 10.2. The molecule has 1 aromatic heterocycles. The Balaban J connectivity index is 1.85. The first-order valence-corrected chi connectivity index (χ1v) is 7.89. The van der Waals surface area contributed by atoms with Gasteiger partial charge in [0.05, 0.1) is 11.6 Å². The van der Waals surface area contributed by atoms with Crippen LogP contribution in [-0.2, 0) is 6.54 Å². The first-order valence-electron chi connectivity index (χ1n) is 7.51. The monoisotopic (exact) mass is 306 g/mol. The summed E-state index contributed by atoms with van der Waals surface area (Å²) in [6.07, 6.45) is 0. The molecule has 3 nitrogen and oxygen atoms in total. The molecule has 4 heteroatoms. The number of nitrogens with one attached hydrogen (secondary N) is 1. The van der Waals surface area contributed by atoms with Crippen LogP contribution in [0, 0.1) is 0 Å². The van der Waals surface area contributed by atoms with Crippen molar-refractivity contribution < 1.29 is 4.42 Å². The van der Waals surface area contributed by atoms with Gasteiger partial charge in [0.25, 0.3) is 0 Å². The Hall–Kier alpha value is -1.29. The quantitative estimate of drug-likeness (QED) is 0.746. The predicted octanol–water partition coefficient (Wildman–Crippen LogP) is 4.03. The van der Waals surface area contributed by atoms with Gasteiger partial charge in [-0.05, 0) is 37.4 Å². The van der Waals surface area contributed by atoms with E-state index in [9.17, 15) is 0 Å². The Morgan fingerprint density at radius 1 is 1.10 bits per heavy atom. The van der Waals surface area contributed by atoms with Crippen LogP contribution in [0.5, 0.6) is 0 Å². The molecule has 0 aliphatic carbocycles. The zero-order chi connectivity index (χ0) is 15.1. The van der Waals surface area contributed by atoms with Gasteiger partial charge in [-0.3, -0.25) is 0 Å². The molecule has 2 aromatic rings. The van der Waals surface area contributed by atoms with Crippen molar-refractivity contribution in [2.75, 3.05) is 26.2 Å². The molecule has 0 aliphatic rings. The molecular weight excluding hydrogens is 284 g/mol. The smallest absolute Gasteiger partial charge is 0.135 e. The van der Waals surface area contributed by atoms with Gasteiger partial charge in [0, 0.05) is 18.7 Å². The molecule has 0 atom stereocenters. The maximum Gasteiger partial charge on any atom is 0.135 e. The summed E-state index contributed by atoms with van der Waals surface area (Å²) in [5.41, 5.74) is 0.938. The Morgan fingerprint density at radius 2 is 1.86 bits per heavy atom. The van der Waals surface area contributed by atoms with Gasteiger partial charge in [-0.15, -0.1) is 0 Å². The fourth-order valence-electron chi connectivity index (χ4n) is 2.27. The molecule has 0 saturated heterocycles. The average molecular weight is 307 g/mol. The molecule has 0 radical (unpaired) electrons. The van der Waals surface area contributed by atoms with E-state index in [1.54, 1.807) is 0 Å². The zero-order valence-corrected chi connectivity index (χ0v) is 13.5. The fraction of sp³-hybridized carbons (Fsp3) is 0.412. The Kier molecular flexibility index (Phi) is 6.30. The second-order valence-corrected chi connectivity index (χ2v) is 5.36. The van der Waals surface area contributed by atoms with Gasteiger partial charge in [-0.1, -0.05) is 37.6 Å². The Labute approximate surface area is 131 Å². The maximum absolute atomic E-state index is 6.18. The van der Waals surface area contributed by atoms with Crippen LogP contribution in [0.15, 0.2) is 40.8 Å². The predicted molar refractivity (Wildman–Crippen MR) is 88.6 cm³/mol. The first kappa shape index (κ1) is 16.1. The molecule has 1 heterocycles. The van der Waals surface area contributed by atoms with E-state index in [4.69, 9.17) is 16.0 Å². The lowest BCUT2D eigenvalue weighted by molar-refractivity contribution is 0.300. The van der Waals surface area contributed by atoms with Crippen LogP contribution in [0.3, 0.4) is 0 Å². The number of hydrogen-bond donors (Lipinski definition) is 1. The Morgan fingerprint density at radius 3 is 2.57 bits per heavy atom. The van der Waals surface area contributed by atoms with Gasteiger partial charge < -0.3 is 14.6 Å². The third-order valence-electron chi connectivity index (χ3n) is 3.60. The van der Waals surface area contributed by atoms with Crippen LogP contribution in [-0.4, -0.2) is 31.1 Å². The summed E-state index contributed by atoms with van der Waals surface area (Å²) in [5, 5.41) is 4.13. The molecule has 114 valence electrons. The van der Waals surface area contributed by atoms with Crippen LogP contribution in [0.4, 0.5) is 0 Å². The summed E-state index contributed by atoms with van der Waals surface area (Å²) in [6.45, 7) is 9.32. The van der Waals surface area contributed by atoms with Crippen molar-refractivity contribution >= 4 is 11.6 Å². The van der Waals surface area contributed by atoms with Crippen molar-refractivity contribution in [2.24, 2.45) is 0 Å². The van der Waals surface area contributed by atoms with E-state index in [2.05, 4.69) is 24.1 Å². The lowest BCUT2D eigenvalue weighted by atomic mass is 10.2. The second kappa shape index (κ2) is 8.23. The highest BCUT2D eigenvalue weighted by molar-refractivity contribution is 6.33. The van der Waals surface area contributed by atoms with Crippen molar-refractivity contribution in [2.45, 2.75) is 20.4 Å². The van der Waals surface area contributed by atoms with Crippen LogP contribution in [0.1, 0.15) is 19.6 Å². The molecule has 0 saturated carbocycles. The third kappa shape index (κ3) is 4.60. The fourth-order valence-corrected chi connectivity index (χ4v) is 2.50. The van der Waals surface area contributed by atoms with E-state index < -0.39 is 0 Å². The van der Waals surface area contributed by atoms with Crippen molar-refractivity contribution in [3.63, 3.8) is 0 Å². The Bertz CT molecular complexity index is 549. The second-order valence-electron chi connectivity index (χ2n) is 4.95. The van der Waals surface area contributed by atoms with Crippen molar-refractivity contribution in [3.05, 3.63) is 47.2 Å². The topological polar surface area (TPSA) is 28.4 Å². The van der Waals surface area contributed by atoms with E-state index in [1.165, 1.54) is 0 Å². The summed E-state index contributed by atoms with van der Waals surface area (Å²) < 4.78 is 5.85. The number of furan rings is 1. The molecule has 2 rings (SSSR count). The summed E-state index contributed by atoms with van der Waals surface area (Å²) in [6, 6.07) is 11.7. The number of benzene rings is 1. The SMILES string of the molecule is CCN(CC)CCNCc1ccc(-c2ccccc2Cl)o1. The van der Waals surface area contributed by atoms with Gasteiger partial charge in [0.2, 0.25) is 0 Å². The summed E-state index contributed by atoms with van der Waals surface area (Å²) >= 11 is 6.18. The lowest BCUT2D eigenvalue weighted by Gasteiger charge is -2.17. The number of nitrogens with zero attached hydrogens (tertiary/aromatic N) is 1. The largest absolute Gasteiger partial charge is 0.460 e. The van der Waals surface area contributed by atoms with Crippen LogP contribution >= 0.6 is 11.6 Å². The summed E-state index contributed by atoms with van der Waals surface area (Å²) in [5.74, 6) is 1.76. The van der Waals surface area contributed by atoms with Crippen LogP contribution in [0.25, 0.3) is 11.3 Å². The average Bonchev–Trinajstić information content (AvgIpc) is 2.96. The highest BCUT2D eigenvalue weighted by Gasteiger charge is 2.07. The molecular formula is C17H23ClN2O. The number of rotatable bonds is 8. The summed E-state index contributed by atoms with van der Waals surface area (Å²) in [7, 11) is 0. The van der Waals surface area contributed by atoms with Gasteiger partial charge in [-0.25, -0.2) is 0 Å². The van der Waals surface area contributed by atoms with Gasteiger partial charge >= 0.3 is 0 Å². The molecule has 0 fully saturated rings. The molecule has 0 bridgehead atoms. The third-order valence-corrected chi connectivity index (χ3v) is 3.93. The van der Waals surface area contributed by atoms with E-state index >= 15 is 0 Å². The summed E-state index contributed by atoms with van der Waals surface area (Å²) in [4.78, 5) is 2.39. The number of likely N-dealkylation sites (N-methyl/N-ethyl adjacent to an activating group) is 1. The molecule has 0 spiro atoms. The normalized spacial score (nSPS) is 11.2. The van der Waals surface area contributed by atoms with E-state index in [0.717, 1.165) is 49.8 Å². The molecule has 21 heavy (non-hydrogen) atoms. The van der Waals surface area contributed by atoms with Gasteiger partial charge in [0.15, 0.2) is 0 Å². The molecule has 0 unspecified atom stereocenters. The van der Waals surface area contributed by atoms with E-state index in [-0.39, 0.29) is 0 Å². The highest BCUT2D eigenvalue weighted by Crippen LogP contribution is 2.28. The minimum Gasteiger partial charge on any atom is -0.460 e. The van der Waals surface area contributed by atoms with Crippen LogP contribution < -0.4 is 5.32 Å². The molecule has 0 aliphatic heterocycles. The van der Waals surface area contributed by atoms with E-state index in [1.807, 2.05) is 36.4 Å². The minimum absolute atomic E-state index is 0.716. The number of hydrogen-bond acceptors (Lipinski definition) is 3. The lowest BCUT2D eigenvalue weighted by Crippen LogP contribution is -2.31. The van der Waals surface area contributed by atoms with Gasteiger partial charge in [0.1, 0.15) is 11.5 Å². The van der Waals surface area contributed by atoms with Crippen molar-refractivity contribution in [1.29, 1.82) is 0 Å². The zero-order valence-electron chi connectivity index (χ0n) is 12.7. The molecule has 1 N–H and O–H groups in total. The molecule has 1 aromatic carbocycles. The molecule has 0 amide bonds. The highest BCUT2D eigenvalue weighted by atomic mass is 35.5. The van der Waals surface area contributed by atoms with Crippen LogP contribution in [0.2, 0.25) is 5.02 Å². The van der Waals surface area contributed by atoms with Crippen molar-refractivity contribution in [1.82, 2.24) is 10.2 Å².